The van der Waals surface area contributed by atoms with Crippen molar-refractivity contribution >= 4 is 11.7 Å². The zero-order valence-electron chi connectivity index (χ0n) is 11.6. The van der Waals surface area contributed by atoms with Gasteiger partial charge in [-0.25, -0.2) is 4.39 Å². The van der Waals surface area contributed by atoms with Gasteiger partial charge in [-0.3, -0.25) is 14.5 Å². The summed E-state index contributed by atoms with van der Waals surface area (Å²) in [6.45, 7) is 3.27. The van der Waals surface area contributed by atoms with Crippen LogP contribution in [-0.2, 0) is 16.0 Å². The van der Waals surface area contributed by atoms with E-state index < -0.39 is 0 Å². The maximum Gasteiger partial charge on any atom is 0.217 e. The average Bonchev–Trinajstić information content (AvgIpc) is 2.78. The van der Waals surface area contributed by atoms with Gasteiger partial charge in [-0.1, -0.05) is 18.2 Å². The zero-order chi connectivity index (χ0) is 14.5. The average molecular weight is 278 g/mol. The van der Waals surface area contributed by atoms with Crippen molar-refractivity contribution in [2.75, 3.05) is 19.6 Å². The molecular weight excluding hydrogens is 259 g/mol. The van der Waals surface area contributed by atoms with Gasteiger partial charge in [0.1, 0.15) is 5.82 Å². The lowest BCUT2D eigenvalue weighted by molar-refractivity contribution is -0.119. The summed E-state index contributed by atoms with van der Waals surface area (Å²) in [6.07, 6.45) is 0.973. The second-order valence-corrected chi connectivity index (χ2v) is 5.23. The first-order valence-electron chi connectivity index (χ1n) is 6.79. The molecule has 0 radical (unpaired) electrons. The molecule has 5 heteroatoms. The summed E-state index contributed by atoms with van der Waals surface area (Å²) in [6, 6.07) is 6.47. The van der Waals surface area contributed by atoms with Gasteiger partial charge in [0, 0.05) is 32.5 Å². The lowest BCUT2D eigenvalue weighted by Crippen LogP contribution is -2.37. The maximum atomic E-state index is 13.5. The Bertz CT molecular complexity index is 504. The number of benzene rings is 1. The fourth-order valence-corrected chi connectivity index (χ4v) is 2.54. The van der Waals surface area contributed by atoms with Crippen LogP contribution in [0.15, 0.2) is 24.3 Å². The first-order chi connectivity index (χ1) is 9.54. The fourth-order valence-electron chi connectivity index (χ4n) is 2.54. The SMILES string of the molecule is CC(=O)NC1CCN(CC(=O)Cc2ccccc2F)C1. The van der Waals surface area contributed by atoms with Gasteiger partial charge in [0.15, 0.2) is 5.78 Å². The monoisotopic (exact) mass is 278 g/mol. The van der Waals surface area contributed by atoms with Crippen molar-refractivity contribution in [1.29, 1.82) is 0 Å². The Morgan fingerprint density at radius 1 is 1.40 bits per heavy atom. The first kappa shape index (κ1) is 14.7. The van der Waals surface area contributed by atoms with Crippen molar-refractivity contribution in [1.82, 2.24) is 10.2 Å². The maximum absolute atomic E-state index is 13.5. The highest BCUT2D eigenvalue weighted by Gasteiger charge is 2.24. The van der Waals surface area contributed by atoms with E-state index in [4.69, 9.17) is 0 Å². The van der Waals surface area contributed by atoms with Crippen LogP contribution >= 0.6 is 0 Å². The lowest BCUT2D eigenvalue weighted by atomic mass is 10.1. The number of likely N-dealkylation sites (tertiary alicyclic amines) is 1. The molecule has 0 aliphatic carbocycles. The second-order valence-electron chi connectivity index (χ2n) is 5.23. The molecule has 4 nitrogen and oxygen atoms in total. The van der Waals surface area contributed by atoms with Crippen molar-refractivity contribution in [3.8, 4) is 0 Å². The number of amides is 1. The van der Waals surface area contributed by atoms with E-state index in [1.807, 2.05) is 4.90 Å². The molecular formula is C15H19FN2O2. The van der Waals surface area contributed by atoms with E-state index in [1.165, 1.54) is 13.0 Å². The van der Waals surface area contributed by atoms with E-state index in [-0.39, 0.29) is 30.0 Å². The Balaban J connectivity index is 1.81. The molecule has 1 saturated heterocycles. The number of carbonyl (C=O) groups is 2. The molecule has 0 spiro atoms. The highest BCUT2D eigenvalue weighted by molar-refractivity contribution is 5.82. The first-order valence-corrected chi connectivity index (χ1v) is 6.79. The van der Waals surface area contributed by atoms with Crippen molar-refractivity contribution in [3.05, 3.63) is 35.6 Å². The van der Waals surface area contributed by atoms with Crippen LogP contribution < -0.4 is 5.32 Å². The number of hydrogen-bond acceptors (Lipinski definition) is 3. The van der Waals surface area contributed by atoms with Crippen LogP contribution in [0, 0.1) is 5.82 Å². The predicted molar refractivity (Wildman–Crippen MR) is 73.8 cm³/mol. The smallest absolute Gasteiger partial charge is 0.217 e. The minimum Gasteiger partial charge on any atom is -0.352 e. The number of nitrogens with zero attached hydrogens (tertiary/aromatic N) is 1. The summed E-state index contributed by atoms with van der Waals surface area (Å²) in [7, 11) is 0. The summed E-state index contributed by atoms with van der Waals surface area (Å²) in [5.74, 6) is -0.383. The molecule has 0 saturated carbocycles. The van der Waals surface area contributed by atoms with E-state index in [0.717, 1.165) is 13.0 Å². The molecule has 20 heavy (non-hydrogen) atoms. The molecule has 1 aliphatic rings. The van der Waals surface area contributed by atoms with Crippen LogP contribution in [0.3, 0.4) is 0 Å². The van der Waals surface area contributed by atoms with Crippen molar-refractivity contribution in [2.45, 2.75) is 25.8 Å². The van der Waals surface area contributed by atoms with Gasteiger partial charge in [0.05, 0.1) is 6.54 Å². The Morgan fingerprint density at radius 2 is 2.15 bits per heavy atom. The Hall–Kier alpha value is -1.75. The Morgan fingerprint density at radius 3 is 2.85 bits per heavy atom. The Kier molecular flexibility index (Phi) is 4.84. The van der Waals surface area contributed by atoms with Crippen LogP contribution in [0.5, 0.6) is 0 Å². The zero-order valence-corrected chi connectivity index (χ0v) is 11.6. The largest absolute Gasteiger partial charge is 0.352 e. The normalized spacial score (nSPS) is 19.0. The quantitative estimate of drug-likeness (QED) is 0.879. The lowest BCUT2D eigenvalue weighted by Gasteiger charge is -2.15. The minimum atomic E-state index is -0.335. The van der Waals surface area contributed by atoms with E-state index in [1.54, 1.807) is 18.2 Å². The van der Waals surface area contributed by atoms with Crippen molar-refractivity contribution in [3.63, 3.8) is 0 Å². The van der Waals surface area contributed by atoms with Gasteiger partial charge >= 0.3 is 0 Å². The molecule has 1 heterocycles. The summed E-state index contributed by atoms with van der Waals surface area (Å²) < 4.78 is 13.5. The van der Waals surface area contributed by atoms with Gasteiger partial charge in [-0.05, 0) is 18.1 Å². The summed E-state index contributed by atoms with van der Waals surface area (Å²) in [4.78, 5) is 24.9. The van der Waals surface area contributed by atoms with Crippen molar-refractivity contribution in [2.24, 2.45) is 0 Å². The van der Waals surface area contributed by atoms with Crippen molar-refractivity contribution < 1.29 is 14.0 Å². The number of carbonyl (C=O) groups excluding carboxylic acids is 2. The highest BCUT2D eigenvalue weighted by Crippen LogP contribution is 2.11. The third-order valence-electron chi connectivity index (χ3n) is 3.43. The number of ketones is 1. The van der Waals surface area contributed by atoms with Crippen LogP contribution in [0.25, 0.3) is 0 Å². The molecule has 1 unspecified atom stereocenters. The summed E-state index contributed by atoms with van der Waals surface area (Å²) >= 11 is 0. The molecule has 0 bridgehead atoms. The number of hydrogen-bond donors (Lipinski definition) is 1. The Labute approximate surface area is 118 Å². The third-order valence-corrected chi connectivity index (χ3v) is 3.43. The van der Waals surface area contributed by atoms with Gasteiger partial charge in [0.2, 0.25) is 5.91 Å². The van der Waals surface area contributed by atoms with E-state index >= 15 is 0 Å². The fraction of sp³-hybridized carbons (Fsp3) is 0.467. The van der Waals surface area contributed by atoms with Gasteiger partial charge in [0.25, 0.3) is 0 Å². The molecule has 1 aromatic rings. The standard InChI is InChI=1S/C15H19FN2O2/c1-11(19)17-13-6-7-18(9-13)10-14(20)8-12-4-2-3-5-15(12)16/h2-5,13H,6-10H2,1H3,(H,17,19). The molecule has 1 atom stereocenters. The molecule has 1 fully saturated rings. The molecule has 1 amide bonds. The molecule has 0 aromatic heterocycles. The minimum absolute atomic E-state index is 0.00132. The van der Waals surface area contributed by atoms with Crippen LogP contribution in [0.2, 0.25) is 0 Å². The molecule has 1 N–H and O–H groups in total. The van der Waals surface area contributed by atoms with Crippen LogP contribution in [0.1, 0.15) is 18.9 Å². The van der Waals surface area contributed by atoms with Gasteiger partial charge in [-0.2, -0.15) is 0 Å². The molecule has 108 valence electrons. The van der Waals surface area contributed by atoms with Crippen LogP contribution in [-0.4, -0.2) is 42.3 Å². The van der Waals surface area contributed by atoms with Gasteiger partial charge in [-0.15, -0.1) is 0 Å². The number of nitrogens with one attached hydrogen (secondary N) is 1. The predicted octanol–water partition coefficient (Wildman–Crippen LogP) is 1.15. The van der Waals surface area contributed by atoms with E-state index in [9.17, 15) is 14.0 Å². The summed E-state index contributed by atoms with van der Waals surface area (Å²) in [5.41, 5.74) is 0.440. The third kappa shape index (κ3) is 4.13. The second kappa shape index (κ2) is 6.61. The number of Topliss-reactive ketones (excluding diaryl/α,β-unsaturated/α-hetero) is 1. The summed E-state index contributed by atoms with van der Waals surface area (Å²) in [5, 5.41) is 2.85. The number of rotatable bonds is 5. The number of halogens is 1. The van der Waals surface area contributed by atoms with E-state index in [2.05, 4.69) is 5.32 Å². The van der Waals surface area contributed by atoms with E-state index in [0.29, 0.717) is 18.7 Å². The topological polar surface area (TPSA) is 49.4 Å². The molecule has 1 aliphatic heterocycles. The van der Waals surface area contributed by atoms with Gasteiger partial charge < -0.3 is 5.32 Å². The molecule has 2 rings (SSSR count). The highest BCUT2D eigenvalue weighted by atomic mass is 19.1. The molecule has 1 aromatic carbocycles. The van der Waals surface area contributed by atoms with Crippen LogP contribution in [0.4, 0.5) is 4.39 Å².